The zero-order valence-corrected chi connectivity index (χ0v) is 13.7. The molecule has 3 aromatic rings. The molecule has 0 aliphatic carbocycles. The average Bonchev–Trinajstić information content (AvgIpc) is 2.90. The van der Waals surface area contributed by atoms with Gasteiger partial charge in [0.25, 0.3) is 5.89 Å². The molecule has 0 fully saturated rings. The lowest BCUT2D eigenvalue weighted by Crippen LogP contribution is -1.90. The highest BCUT2D eigenvalue weighted by molar-refractivity contribution is 14.1. The van der Waals surface area contributed by atoms with Crippen LogP contribution in [0.1, 0.15) is 11.4 Å². The van der Waals surface area contributed by atoms with E-state index in [-0.39, 0.29) is 5.75 Å². The average molecular weight is 413 g/mol. The van der Waals surface area contributed by atoms with Crippen LogP contribution >= 0.6 is 34.2 Å². The van der Waals surface area contributed by atoms with Gasteiger partial charge in [0.1, 0.15) is 5.75 Å². The zero-order valence-electron chi connectivity index (χ0n) is 10.8. The van der Waals surface area contributed by atoms with E-state index < -0.39 is 0 Å². The number of phenols is 1. The molecule has 1 N–H and O–H groups in total. The highest BCUT2D eigenvalue weighted by Crippen LogP contribution is 2.26. The number of phenolic OH excluding ortho intramolecular Hbond substituents is 1. The van der Waals surface area contributed by atoms with Crippen molar-refractivity contribution in [2.75, 3.05) is 0 Å². The van der Waals surface area contributed by atoms with Crippen LogP contribution in [0.3, 0.4) is 0 Å². The van der Waals surface area contributed by atoms with E-state index in [9.17, 15) is 5.11 Å². The molecule has 3 rings (SSSR count). The van der Waals surface area contributed by atoms with E-state index in [2.05, 4.69) is 32.7 Å². The van der Waals surface area contributed by atoms with Crippen LogP contribution < -0.4 is 0 Å². The van der Waals surface area contributed by atoms with Gasteiger partial charge in [-0.15, -0.1) is 0 Å². The van der Waals surface area contributed by atoms with Gasteiger partial charge in [0, 0.05) is 17.0 Å². The van der Waals surface area contributed by atoms with Crippen molar-refractivity contribution in [1.82, 2.24) is 10.1 Å². The molecule has 0 saturated heterocycles. The molecule has 2 aromatic carbocycles. The molecular weight excluding hydrogens is 403 g/mol. The van der Waals surface area contributed by atoms with Crippen molar-refractivity contribution in [3.63, 3.8) is 0 Å². The van der Waals surface area contributed by atoms with Crippen molar-refractivity contribution in [2.24, 2.45) is 0 Å². The molecule has 6 heteroatoms. The second kappa shape index (κ2) is 6.03. The first-order valence-electron chi connectivity index (χ1n) is 6.18. The number of hydrogen-bond acceptors (Lipinski definition) is 4. The maximum absolute atomic E-state index is 9.72. The predicted molar refractivity (Wildman–Crippen MR) is 88.4 cm³/mol. The Morgan fingerprint density at radius 3 is 2.81 bits per heavy atom. The lowest BCUT2D eigenvalue weighted by Gasteiger charge is -1.98. The van der Waals surface area contributed by atoms with Crippen LogP contribution in [0, 0.1) is 3.57 Å². The van der Waals surface area contributed by atoms with Gasteiger partial charge in [0.15, 0.2) is 5.82 Å². The van der Waals surface area contributed by atoms with Gasteiger partial charge in [-0.3, -0.25) is 0 Å². The number of benzene rings is 2. The third-order valence-electron chi connectivity index (χ3n) is 2.91. The molecule has 106 valence electrons. The van der Waals surface area contributed by atoms with Gasteiger partial charge in [-0.1, -0.05) is 28.9 Å². The molecule has 0 atom stereocenters. The summed E-state index contributed by atoms with van der Waals surface area (Å²) in [4.78, 5) is 4.34. The maximum Gasteiger partial charge on any atom is 0.258 e. The van der Waals surface area contributed by atoms with Gasteiger partial charge < -0.3 is 9.63 Å². The topological polar surface area (TPSA) is 59.2 Å². The van der Waals surface area contributed by atoms with Crippen molar-refractivity contribution < 1.29 is 9.63 Å². The number of aromatic hydroxyl groups is 1. The first kappa shape index (κ1) is 14.3. The summed E-state index contributed by atoms with van der Waals surface area (Å²) in [6.07, 6.45) is 0.542. The summed E-state index contributed by atoms with van der Waals surface area (Å²) in [7, 11) is 0. The van der Waals surface area contributed by atoms with Gasteiger partial charge in [-0.2, -0.15) is 4.98 Å². The third kappa shape index (κ3) is 3.36. The Balaban J connectivity index is 1.84. The van der Waals surface area contributed by atoms with E-state index in [0.29, 0.717) is 28.7 Å². The monoisotopic (exact) mass is 412 g/mol. The normalized spacial score (nSPS) is 10.8. The Labute approximate surface area is 139 Å². The fourth-order valence-electron chi connectivity index (χ4n) is 1.92. The summed E-state index contributed by atoms with van der Waals surface area (Å²) in [6.45, 7) is 0. The highest BCUT2D eigenvalue weighted by Gasteiger charge is 2.11. The highest BCUT2D eigenvalue weighted by atomic mass is 127. The summed E-state index contributed by atoms with van der Waals surface area (Å²) in [5.41, 5.74) is 1.71. The molecule has 1 aromatic heterocycles. The fourth-order valence-corrected chi connectivity index (χ4v) is 2.47. The molecule has 0 radical (unpaired) electrons. The van der Waals surface area contributed by atoms with Crippen molar-refractivity contribution in [3.8, 4) is 17.2 Å². The molecule has 0 amide bonds. The summed E-state index contributed by atoms with van der Waals surface area (Å²) in [5, 5.41) is 14.4. The Hall–Kier alpha value is -1.60. The van der Waals surface area contributed by atoms with Crippen LogP contribution in [0.5, 0.6) is 5.75 Å². The van der Waals surface area contributed by atoms with Gasteiger partial charge >= 0.3 is 0 Å². The minimum Gasteiger partial charge on any atom is -0.507 e. The third-order valence-corrected chi connectivity index (χ3v) is 4.06. The molecule has 0 aliphatic heterocycles. The molecule has 0 saturated carbocycles. The van der Waals surface area contributed by atoms with E-state index in [1.165, 1.54) is 0 Å². The molecule has 0 aliphatic rings. The molecule has 0 bridgehead atoms. The van der Waals surface area contributed by atoms with Crippen LogP contribution in [0.25, 0.3) is 11.5 Å². The molecular formula is C15H10ClIN2O2. The fraction of sp³-hybridized carbons (Fsp3) is 0.0667. The molecule has 21 heavy (non-hydrogen) atoms. The van der Waals surface area contributed by atoms with Crippen molar-refractivity contribution >= 4 is 34.2 Å². The lowest BCUT2D eigenvalue weighted by atomic mass is 10.1. The molecule has 0 spiro atoms. The summed E-state index contributed by atoms with van der Waals surface area (Å²) >= 11 is 8.01. The van der Waals surface area contributed by atoms with E-state index in [4.69, 9.17) is 16.1 Å². The van der Waals surface area contributed by atoms with Crippen LogP contribution in [0.4, 0.5) is 0 Å². The Morgan fingerprint density at radius 2 is 2.05 bits per heavy atom. The SMILES string of the molecule is Oc1cc(-c2nc(Cc3cccc(Cl)c3)no2)ccc1I. The molecule has 4 nitrogen and oxygen atoms in total. The number of hydrogen-bond donors (Lipinski definition) is 1. The summed E-state index contributed by atoms with van der Waals surface area (Å²) in [6, 6.07) is 12.8. The first-order valence-corrected chi connectivity index (χ1v) is 7.63. The minimum atomic E-state index is 0.197. The van der Waals surface area contributed by atoms with Crippen LogP contribution in [-0.4, -0.2) is 15.2 Å². The van der Waals surface area contributed by atoms with Crippen molar-refractivity contribution in [3.05, 3.63) is 62.4 Å². The van der Waals surface area contributed by atoms with E-state index >= 15 is 0 Å². The Kier molecular flexibility index (Phi) is 4.12. The van der Waals surface area contributed by atoms with Gasteiger partial charge in [0.2, 0.25) is 0 Å². The second-order valence-electron chi connectivity index (χ2n) is 4.49. The Bertz CT molecular complexity index is 789. The predicted octanol–water partition coefficient (Wildman–Crippen LogP) is 4.29. The quantitative estimate of drug-likeness (QED) is 0.652. The standard InChI is InChI=1S/C15H10ClIN2O2/c16-11-3-1-2-9(6-11)7-14-18-15(21-19-14)10-4-5-12(17)13(20)8-10/h1-6,8,20H,7H2. The van der Waals surface area contributed by atoms with Crippen molar-refractivity contribution in [2.45, 2.75) is 6.42 Å². The molecule has 0 unspecified atom stereocenters. The number of halogens is 2. The summed E-state index contributed by atoms with van der Waals surface area (Å²) in [5.74, 6) is 1.16. The first-order chi connectivity index (χ1) is 10.1. The maximum atomic E-state index is 9.72. The van der Waals surface area contributed by atoms with Gasteiger partial charge in [-0.05, 0) is 58.5 Å². The van der Waals surface area contributed by atoms with E-state index in [1.54, 1.807) is 12.1 Å². The summed E-state index contributed by atoms with van der Waals surface area (Å²) < 4.78 is 6.01. The number of nitrogens with zero attached hydrogens (tertiary/aromatic N) is 2. The van der Waals surface area contributed by atoms with Crippen molar-refractivity contribution in [1.29, 1.82) is 0 Å². The lowest BCUT2D eigenvalue weighted by molar-refractivity contribution is 0.423. The number of rotatable bonds is 3. The van der Waals surface area contributed by atoms with Crippen LogP contribution in [-0.2, 0) is 6.42 Å². The minimum absolute atomic E-state index is 0.197. The van der Waals surface area contributed by atoms with Gasteiger partial charge in [-0.25, -0.2) is 0 Å². The number of aromatic nitrogens is 2. The van der Waals surface area contributed by atoms with Gasteiger partial charge in [0.05, 0.1) is 3.57 Å². The smallest absolute Gasteiger partial charge is 0.258 e. The largest absolute Gasteiger partial charge is 0.507 e. The molecule has 1 heterocycles. The zero-order chi connectivity index (χ0) is 14.8. The van der Waals surface area contributed by atoms with E-state index in [1.807, 2.05) is 30.3 Å². The second-order valence-corrected chi connectivity index (χ2v) is 6.09. The van der Waals surface area contributed by atoms with E-state index in [0.717, 1.165) is 9.13 Å². The van der Waals surface area contributed by atoms with Crippen LogP contribution in [0.2, 0.25) is 5.02 Å². The van der Waals surface area contributed by atoms with Crippen LogP contribution in [0.15, 0.2) is 47.0 Å². The Morgan fingerprint density at radius 1 is 1.19 bits per heavy atom.